The lowest BCUT2D eigenvalue weighted by Crippen LogP contribution is -2.53. The predicted octanol–water partition coefficient (Wildman–Crippen LogP) is 1.47. The van der Waals surface area contributed by atoms with Crippen LogP contribution < -0.4 is 5.32 Å². The first-order chi connectivity index (χ1) is 9.22. The number of rotatable bonds is 10. The molecular formula is C15H27N3O. The Morgan fingerprint density at radius 1 is 1.37 bits per heavy atom. The Morgan fingerprint density at radius 2 is 2.11 bits per heavy atom. The molecule has 0 aromatic rings. The highest BCUT2D eigenvalue weighted by Gasteiger charge is 2.33. The molecule has 1 rings (SSSR count). The van der Waals surface area contributed by atoms with E-state index in [-0.39, 0.29) is 11.8 Å². The summed E-state index contributed by atoms with van der Waals surface area (Å²) in [5, 5.41) is 3.13. The maximum atomic E-state index is 12.2. The quantitative estimate of drug-likeness (QED) is 0.480. The Hall–Kier alpha value is -1.13. The normalized spacial score (nSPS) is 15.8. The second kappa shape index (κ2) is 8.88. The van der Waals surface area contributed by atoms with E-state index in [1.807, 2.05) is 13.1 Å². The summed E-state index contributed by atoms with van der Waals surface area (Å²) in [7, 11) is 1.96. The highest BCUT2D eigenvalue weighted by atomic mass is 16.2. The summed E-state index contributed by atoms with van der Waals surface area (Å²) in [6, 6.07) is 0. The standard InChI is InChI=1S/C15H27N3O/c1-4-10-17-12-14(13-17)15(19)18(5-2)11-8-6-7-9-16-3/h4-5,14,16H,1-2,6-13H2,3H3. The van der Waals surface area contributed by atoms with Crippen molar-refractivity contribution in [2.24, 2.45) is 5.92 Å². The highest BCUT2D eigenvalue weighted by Crippen LogP contribution is 2.18. The van der Waals surface area contributed by atoms with Gasteiger partial charge in [0.2, 0.25) is 5.91 Å². The van der Waals surface area contributed by atoms with E-state index in [0.29, 0.717) is 0 Å². The van der Waals surface area contributed by atoms with Gasteiger partial charge in [-0.2, -0.15) is 0 Å². The fourth-order valence-corrected chi connectivity index (χ4v) is 2.34. The molecule has 0 aliphatic carbocycles. The van der Waals surface area contributed by atoms with Crippen molar-refractivity contribution in [2.45, 2.75) is 19.3 Å². The largest absolute Gasteiger partial charge is 0.320 e. The molecule has 1 amide bonds. The van der Waals surface area contributed by atoms with Gasteiger partial charge in [-0.05, 0) is 32.6 Å². The molecular weight excluding hydrogens is 238 g/mol. The number of likely N-dealkylation sites (tertiary alicyclic amines) is 1. The van der Waals surface area contributed by atoms with Crippen LogP contribution in [0.3, 0.4) is 0 Å². The van der Waals surface area contributed by atoms with Gasteiger partial charge >= 0.3 is 0 Å². The first-order valence-corrected chi connectivity index (χ1v) is 7.13. The van der Waals surface area contributed by atoms with Crippen molar-refractivity contribution in [2.75, 3.05) is 39.8 Å². The van der Waals surface area contributed by atoms with Crippen LogP contribution in [-0.4, -0.2) is 55.5 Å². The SMILES string of the molecule is C=CCN1CC(C(=O)N(C=C)CCCCCNC)C1. The molecule has 4 nitrogen and oxygen atoms in total. The molecule has 4 heteroatoms. The second-order valence-electron chi connectivity index (χ2n) is 5.08. The monoisotopic (exact) mass is 265 g/mol. The van der Waals surface area contributed by atoms with Crippen LogP contribution in [0.5, 0.6) is 0 Å². The third-order valence-corrected chi connectivity index (χ3v) is 3.52. The highest BCUT2D eigenvalue weighted by molar-refractivity contribution is 5.81. The summed E-state index contributed by atoms with van der Waals surface area (Å²) in [6.07, 6.45) is 6.91. The van der Waals surface area contributed by atoms with Crippen LogP contribution >= 0.6 is 0 Å². The molecule has 19 heavy (non-hydrogen) atoms. The van der Waals surface area contributed by atoms with Gasteiger partial charge in [0.25, 0.3) is 0 Å². The third-order valence-electron chi connectivity index (χ3n) is 3.52. The molecule has 1 heterocycles. The molecule has 1 N–H and O–H groups in total. The summed E-state index contributed by atoms with van der Waals surface area (Å²) in [5.41, 5.74) is 0. The smallest absolute Gasteiger partial charge is 0.232 e. The summed E-state index contributed by atoms with van der Waals surface area (Å²) in [5.74, 6) is 0.374. The number of nitrogens with one attached hydrogen (secondary N) is 1. The average molecular weight is 265 g/mol. The lowest BCUT2D eigenvalue weighted by atomic mass is 9.98. The van der Waals surface area contributed by atoms with Crippen molar-refractivity contribution < 1.29 is 4.79 Å². The minimum atomic E-state index is 0.148. The van der Waals surface area contributed by atoms with Gasteiger partial charge in [0, 0.05) is 26.2 Å². The predicted molar refractivity (Wildman–Crippen MR) is 79.8 cm³/mol. The fourth-order valence-electron chi connectivity index (χ4n) is 2.34. The summed E-state index contributed by atoms with van der Waals surface area (Å²) in [6.45, 7) is 11.9. The van der Waals surface area contributed by atoms with Gasteiger partial charge in [-0.1, -0.05) is 19.1 Å². The van der Waals surface area contributed by atoms with Gasteiger partial charge < -0.3 is 10.2 Å². The zero-order valence-electron chi connectivity index (χ0n) is 12.1. The number of unbranched alkanes of at least 4 members (excludes halogenated alkanes) is 2. The lowest BCUT2D eigenvalue weighted by Gasteiger charge is -2.39. The van der Waals surface area contributed by atoms with Crippen LogP contribution in [0.1, 0.15) is 19.3 Å². The van der Waals surface area contributed by atoms with Crippen molar-refractivity contribution >= 4 is 5.91 Å². The van der Waals surface area contributed by atoms with Gasteiger partial charge in [0.05, 0.1) is 5.92 Å². The van der Waals surface area contributed by atoms with E-state index in [1.165, 1.54) is 0 Å². The van der Waals surface area contributed by atoms with E-state index >= 15 is 0 Å². The number of hydrogen-bond acceptors (Lipinski definition) is 3. The number of carbonyl (C=O) groups excluding carboxylic acids is 1. The molecule has 0 aromatic carbocycles. The molecule has 0 spiro atoms. The van der Waals surface area contributed by atoms with E-state index < -0.39 is 0 Å². The number of amides is 1. The Morgan fingerprint density at radius 3 is 2.68 bits per heavy atom. The molecule has 0 saturated carbocycles. The van der Waals surface area contributed by atoms with Crippen LogP contribution in [0.2, 0.25) is 0 Å². The molecule has 1 aliphatic heterocycles. The zero-order valence-corrected chi connectivity index (χ0v) is 12.1. The molecule has 0 aromatic heterocycles. The van der Waals surface area contributed by atoms with Crippen molar-refractivity contribution in [3.05, 3.63) is 25.4 Å². The minimum absolute atomic E-state index is 0.148. The molecule has 0 radical (unpaired) electrons. The molecule has 0 unspecified atom stereocenters. The Balaban J connectivity index is 2.21. The van der Waals surface area contributed by atoms with Crippen LogP contribution in [0, 0.1) is 5.92 Å². The average Bonchev–Trinajstić information content (AvgIpc) is 2.37. The molecule has 0 atom stereocenters. The molecule has 108 valence electrons. The van der Waals surface area contributed by atoms with Crippen LogP contribution in [0.4, 0.5) is 0 Å². The summed E-state index contributed by atoms with van der Waals surface area (Å²) < 4.78 is 0. The van der Waals surface area contributed by atoms with Crippen molar-refractivity contribution in [3.63, 3.8) is 0 Å². The summed E-state index contributed by atoms with van der Waals surface area (Å²) in [4.78, 5) is 16.2. The molecule has 1 fully saturated rings. The van der Waals surface area contributed by atoms with E-state index in [0.717, 1.165) is 52.0 Å². The van der Waals surface area contributed by atoms with Gasteiger partial charge in [0.1, 0.15) is 0 Å². The van der Waals surface area contributed by atoms with Crippen LogP contribution in [-0.2, 0) is 4.79 Å². The van der Waals surface area contributed by atoms with Gasteiger partial charge in [0.15, 0.2) is 0 Å². The Kier molecular flexibility index (Phi) is 7.45. The van der Waals surface area contributed by atoms with E-state index in [9.17, 15) is 4.79 Å². The van der Waals surface area contributed by atoms with Gasteiger partial charge in [-0.25, -0.2) is 0 Å². The van der Waals surface area contributed by atoms with Crippen LogP contribution in [0.15, 0.2) is 25.4 Å². The summed E-state index contributed by atoms with van der Waals surface area (Å²) >= 11 is 0. The second-order valence-corrected chi connectivity index (χ2v) is 5.08. The molecule has 0 bridgehead atoms. The van der Waals surface area contributed by atoms with Crippen molar-refractivity contribution in [1.29, 1.82) is 0 Å². The third kappa shape index (κ3) is 5.17. The van der Waals surface area contributed by atoms with Crippen molar-refractivity contribution in [3.8, 4) is 0 Å². The van der Waals surface area contributed by atoms with E-state index in [2.05, 4.69) is 23.4 Å². The fraction of sp³-hybridized carbons (Fsp3) is 0.667. The lowest BCUT2D eigenvalue weighted by molar-refractivity contribution is -0.138. The molecule has 1 aliphatic rings. The number of nitrogens with zero attached hydrogens (tertiary/aromatic N) is 2. The van der Waals surface area contributed by atoms with Gasteiger partial charge in [-0.3, -0.25) is 9.69 Å². The number of carbonyl (C=O) groups is 1. The van der Waals surface area contributed by atoms with Crippen LogP contribution in [0.25, 0.3) is 0 Å². The zero-order chi connectivity index (χ0) is 14.1. The first kappa shape index (κ1) is 15.9. The van der Waals surface area contributed by atoms with Crippen molar-refractivity contribution in [1.82, 2.24) is 15.1 Å². The van der Waals surface area contributed by atoms with E-state index in [1.54, 1.807) is 11.1 Å². The minimum Gasteiger partial charge on any atom is -0.320 e. The Labute approximate surface area is 117 Å². The van der Waals surface area contributed by atoms with Gasteiger partial charge in [-0.15, -0.1) is 6.58 Å². The Bertz CT molecular complexity index is 298. The maximum absolute atomic E-state index is 12.2. The first-order valence-electron chi connectivity index (χ1n) is 7.13. The maximum Gasteiger partial charge on any atom is 0.232 e. The molecule has 1 saturated heterocycles. The number of hydrogen-bond donors (Lipinski definition) is 1. The topological polar surface area (TPSA) is 35.6 Å². The van der Waals surface area contributed by atoms with E-state index in [4.69, 9.17) is 0 Å².